The predicted octanol–water partition coefficient (Wildman–Crippen LogP) is 3.17. The zero-order valence-electron chi connectivity index (χ0n) is 13.4. The monoisotopic (exact) mass is 277 g/mol. The maximum Gasteiger partial charge on any atom is 0.186 e. The molecule has 0 aromatic rings. The van der Waals surface area contributed by atoms with Crippen LogP contribution in [0.3, 0.4) is 0 Å². The Morgan fingerprint density at radius 2 is 2.10 bits per heavy atom. The zero-order valence-corrected chi connectivity index (χ0v) is 13.4. The van der Waals surface area contributed by atoms with Crippen LogP contribution in [0.1, 0.15) is 34.6 Å². The number of ether oxygens (including phenoxy) is 1. The Bertz CT molecular complexity index is 437. The summed E-state index contributed by atoms with van der Waals surface area (Å²) in [6, 6.07) is 0. The predicted molar refractivity (Wildman–Crippen MR) is 85.2 cm³/mol. The van der Waals surface area contributed by atoms with E-state index in [1.165, 1.54) is 0 Å². The number of rotatable bonds is 5. The molecule has 0 aliphatic carbocycles. The molecule has 0 atom stereocenters. The molecule has 1 heterocycles. The van der Waals surface area contributed by atoms with Crippen LogP contribution in [0.4, 0.5) is 0 Å². The maximum atomic E-state index is 5.11. The van der Waals surface area contributed by atoms with Crippen LogP contribution in [0.15, 0.2) is 41.0 Å². The van der Waals surface area contributed by atoms with Gasteiger partial charge in [-0.2, -0.15) is 5.10 Å². The normalized spacial score (nSPS) is 16.9. The van der Waals surface area contributed by atoms with Crippen molar-refractivity contribution in [3.05, 3.63) is 35.9 Å². The van der Waals surface area contributed by atoms with E-state index >= 15 is 0 Å². The number of hydrazone groups is 1. The van der Waals surface area contributed by atoms with E-state index in [1.807, 2.05) is 12.2 Å². The molecule has 0 saturated carbocycles. The first kappa shape index (κ1) is 16.3. The van der Waals surface area contributed by atoms with Crippen LogP contribution in [-0.4, -0.2) is 19.4 Å². The summed E-state index contributed by atoms with van der Waals surface area (Å²) in [7, 11) is 1.65. The minimum atomic E-state index is 0.00851. The summed E-state index contributed by atoms with van der Waals surface area (Å²) in [6.07, 6.45) is 8.14. The Morgan fingerprint density at radius 3 is 2.55 bits per heavy atom. The first-order chi connectivity index (χ1) is 9.32. The van der Waals surface area contributed by atoms with E-state index in [9.17, 15) is 0 Å². The molecule has 0 radical (unpaired) electrons. The average Bonchev–Trinajstić information content (AvgIpc) is 2.37. The van der Waals surface area contributed by atoms with Crippen molar-refractivity contribution in [3.63, 3.8) is 0 Å². The molecule has 20 heavy (non-hydrogen) atoms. The second-order valence-corrected chi connectivity index (χ2v) is 6.24. The van der Waals surface area contributed by atoms with Crippen LogP contribution in [0.25, 0.3) is 0 Å². The van der Waals surface area contributed by atoms with E-state index in [1.54, 1.807) is 7.11 Å². The van der Waals surface area contributed by atoms with E-state index in [4.69, 9.17) is 4.74 Å². The fourth-order valence-electron chi connectivity index (χ4n) is 1.56. The van der Waals surface area contributed by atoms with Gasteiger partial charge in [0.2, 0.25) is 0 Å². The molecular formula is C16H27N3O. The van der Waals surface area contributed by atoms with Crippen molar-refractivity contribution in [1.29, 1.82) is 0 Å². The van der Waals surface area contributed by atoms with Gasteiger partial charge in [-0.25, -0.2) is 0 Å². The standard InChI is InChI=1S/C16H27N3O/c1-12(2)7-9-14(16(3,4)5)19-18-13-8-10-15(20-6)17-11-13/h7-10,12,17-18H,11H2,1-6H3/b9-7+,19-14+. The van der Waals surface area contributed by atoms with Gasteiger partial charge in [-0.3, -0.25) is 5.43 Å². The van der Waals surface area contributed by atoms with Gasteiger partial charge in [0.15, 0.2) is 5.88 Å². The molecule has 4 nitrogen and oxygen atoms in total. The molecule has 0 fully saturated rings. The molecule has 0 bridgehead atoms. The van der Waals surface area contributed by atoms with E-state index in [-0.39, 0.29) is 5.41 Å². The van der Waals surface area contributed by atoms with E-state index in [2.05, 4.69) is 62.6 Å². The van der Waals surface area contributed by atoms with Gasteiger partial charge in [-0.15, -0.1) is 0 Å². The Labute approximate surface area is 122 Å². The quantitative estimate of drug-likeness (QED) is 0.599. The van der Waals surface area contributed by atoms with Gasteiger partial charge >= 0.3 is 0 Å². The Hall–Kier alpha value is -1.71. The largest absolute Gasteiger partial charge is 0.483 e. The fraction of sp³-hybridized carbons (Fsp3) is 0.562. The number of allylic oxidation sites excluding steroid dienone is 4. The molecule has 112 valence electrons. The van der Waals surface area contributed by atoms with Crippen LogP contribution in [-0.2, 0) is 4.74 Å². The van der Waals surface area contributed by atoms with Crippen molar-refractivity contribution >= 4 is 5.71 Å². The summed E-state index contributed by atoms with van der Waals surface area (Å²) in [5.74, 6) is 1.29. The topological polar surface area (TPSA) is 45.6 Å². The number of hydrogen-bond donors (Lipinski definition) is 2. The molecular weight excluding hydrogens is 250 g/mol. The summed E-state index contributed by atoms with van der Waals surface area (Å²) >= 11 is 0. The van der Waals surface area contributed by atoms with Gasteiger partial charge in [0.25, 0.3) is 0 Å². The van der Waals surface area contributed by atoms with Crippen LogP contribution < -0.4 is 10.7 Å². The number of methoxy groups -OCH3 is 1. The highest BCUT2D eigenvalue weighted by Crippen LogP contribution is 2.17. The van der Waals surface area contributed by atoms with Crippen LogP contribution in [0.2, 0.25) is 0 Å². The number of nitrogens with one attached hydrogen (secondary N) is 2. The number of nitrogens with zero attached hydrogens (tertiary/aromatic N) is 1. The lowest BCUT2D eigenvalue weighted by Gasteiger charge is -2.21. The molecule has 0 amide bonds. The highest BCUT2D eigenvalue weighted by molar-refractivity contribution is 5.98. The van der Waals surface area contributed by atoms with Crippen LogP contribution in [0.5, 0.6) is 0 Å². The molecule has 4 heteroatoms. The SMILES string of the molecule is COC1=CC=C(N/N=C(\C=C\C(C)C)C(C)(C)C)CN1. The van der Waals surface area contributed by atoms with E-state index in [0.29, 0.717) is 12.5 Å². The highest BCUT2D eigenvalue weighted by Gasteiger charge is 2.17. The van der Waals surface area contributed by atoms with Crippen molar-refractivity contribution in [1.82, 2.24) is 10.7 Å². The number of hydrogen-bond acceptors (Lipinski definition) is 4. The lowest BCUT2D eigenvalue weighted by Crippen LogP contribution is -2.28. The van der Waals surface area contributed by atoms with Gasteiger partial charge in [0, 0.05) is 5.41 Å². The third kappa shape index (κ3) is 5.51. The average molecular weight is 277 g/mol. The zero-order chi connectivity index (χ0) is 15.2. The third-order valence-electron chi connectivity index (χ3n) is 2.84. The summed E-state index contributed by atoms with van der Waals surface area (Å²) in [5, 5.41) is 7.70. The Balaban J connectivity index is 2.78. The second-order valence-electron chi connectivity index (χ2n) is 6.24. The van der Waals surface area contributed by atoms with E-state index < -0.39 is 0 Å². The lowest BCUT2D eigenvalue weighted by atomic mass is 9.89. The van der Waals surface area contributed by atoms with Gasteiger partial charge < -0.3 is 10.1 Å². The van der Waals surface area contributed by atoms with Crippen molar-refractivity contribution in [3.8, 4) is 0 Å². The van der Waals surface area contributed by atoms with Gasteiger partial charge in [-0.05, 0) is 24.1 Å². The minimum absolute atomic E-state index is 0.00851. The maximum absolute atomic E-state index is 5.11. The minimum Gasteiger partial charge on any atom is -0.483 e. The molecule has 0 aromatic carbocycles. The van der Waals surface area contributed by atoms with E-state index in [0.717, 1.165) is 17.3 Å². The molecule has 0 aromatic heterocycles. The first-order valence-electron chi connectivity index (χ1n) is 7.04. The van der Waals surface area contributed by atoms with Crippen molar-refractivity contribution < 1.29 is 4.74 Å². The molecule has 2 N–H and O–H groups in total. The summed E-state index contributed by atoms with van der Waals surface area (Å²) < 4.78 is 5.11. The third-order valence-corrected chi connectivity index (χ3v) is 2.84. The lowest BCUT2D eigenvalue weighted by molar-refractivity contribution is 0.262. The molecule has 1 aliphatic rings. The van der Waals surface area contributed by atoms with Gasteiger partial charge in [0.05, 0.1) is 25.1 Å². The first-order valence-corrected chi connectivity index (χ1v) is 7.04. The Morgan fingerprint density at radius 1 is 1.40 bits per heavy atom. The van der Waals surface area contributed by atoms with Crippen molar-refractivity contribution in [2.45, 2.75) is 34.6 Å². The van der Waals surface area contributed by atoms with Crippen LogP contribution in [0, 0.1) is 11.3 Å². The van der Waals surface area contributed by atoms with Gasteiger partial charge in [0.1, 0.15) is 0 Å². The summed E-state index contributed by atoms with van der Waals surface area (Å²) in [4.78, 5) is 0. The molecule has 0 unspecified atom stereocenters. The Kier molecular flexibility index (Phi) is 5.86. The molecule has 0 spiro atoms. The van der Waals surface area contributed by atoms with Crippen molar-refractivity contribution in [2.24, 2.45) is 16.4 Å². The highest BCUT2D eigenvalue weighted by atomic mass is 16.5. The molecule has 1 rings (SSSR count). The van der Waals surface area contributed by atoms with Crippen LogP contribution >= 0.6 is 0 Å². The van der Waals surface area contributed by atoms with Crippen molar-refractivity contribution in [2.75, 3.05) is 13.7 Å². The summed E-state index contributed by atoms with van der Waals surface area (Å²) in [5.41, 5.74) is 5.20. The molecule has 1 aliphatic heterocycles. The molecule has 0 saturated heterocycles. The van der Waals surface area contributed by atoms with Gasteiger partial charge in [-0.1, -0.05) is 40.7 Å². The second kappa shape index (κ2) is 7.17. The number of dihydropyridines is 1. The smallest absolute Gasteiger partial charge is 0.186 e. The summed E-state index contributed by atoms with van der Waals surface area (Å²) in [6.45, 7) is 11.5. The fourth-order valence-corrected chi connectivity index (χ4v) is 1.56.